The summed E-state index contributed by atoms with van der Waals surface area (Å²) >= 11 is 0. The number of ketones is 1. The summed E-state index contributed by atoms with van der Waals surface area (Å²) in [6, 6.07) is 9.16. The molecule has 1 aliphatic rings. The van der Waals surface area contributed by atoms with Crippen LogP contribution >= 0.6 is 0 Å². The maximum atomic E-state index is 13.0. The molecule has 0 bridgehead atoms. The van der Waals surface area contributed by atoms with E-state index in [-0.39, 0.29) is 18.4 Å². The summed E-state index contributed by atoms with van der Waals surface area (Å²) in [5, 5.41) is 0. The van der Waals surface area contributed by atoms with Crippen LogP contribution in [0.25, 0.3) is 0 Å². The number of hydrogen-bond donors (Lipinski definition) is 0. The number of carbonyl (C=O) groups excluding carboxylic acids is 1. The van der Waals surface area contributed by atoms with Crippen LogP contribution in [0.2, 0.25) is 0 Å². The standard InChI is InChI=1S/C15H11FO3/c1-9-6-11(16)3-4-12(9)15(17)10-2-5-13-14(7-10)19-8-18-13/h2-7H,8H2,1H3. The van der Waals surface area contributed by atoms with Crippen molar-refractivity contribution in [1.82, 2.24) is 0 Å². The molecule has 3 rings (SSSR count). The maximum Gasteiger partial charge on any atom is 0.231 e. The highest BCUT2D eigenvalue weighted by atomic mass is 19.1. The number of carbonyl (C=O) groups is 1. The second-order valence-electron chi connectivity index (χ2n) is 4.36. The molecule has 0 spiro atoms. The van der Waals surface area contributed by atoms with E-state index < -0.39 is 0 Å². The van der Waals surface area contributed by atoms with Crippen LogP contribution in [0.4, 0.5) is 4.39 Å². The van der Waals surface area contributed by atoms with Crippen molar-refractivity contribution in [1.29, 1.82) is 0 Å². The molecule has 0 saturated carbocycles. The first-order valence-electron chi connectivity index (χ1n) is 5.85. The third-order valence-electron chi connectivity index (χ3n) is 3.07. The molecule has 4 heteroatoms. The number of fused-ring (bicyclic) bond motifs is 1. The minimum absolute atomic E-state index is 0.157. The molecule has 0 radical (unpaired) electrons. The van der Waals surface area contributed by atoms with Gasteiger partial charge in [-0.2, -0.15) is 0 Å². The lowest BCUT2D eigenvalue weighted by atomic mass is 9.99. The Kier molecular flexibility index (Phi) is 2.71. The van der Waals surface area contributed by atoms with Crippen LogP contribution in [0.1, 0.15) is 21.5 Å². The van der Waals surface area contributed by atoms with Gasteiger partial charge < -0.3 is 9.47 Å². The average Bonchev–Trinajstić information content (AvgIpc) is 2.85. The van der Waals surface area contributed by atoms with E-state index in [1.54, 1.807) is 25.1 Å². The molecule has 0 fully saturated rings. The van der Waals surface area contributed by atoms with Crippen molar-refractivity contribution >= 4 is 5.78 Å². The van der Waals surface area contributed by atoms with Crippen molar-refractivity contribution in [2.45, 2.75) is 6.92 Å². The first-order valence-corrected chi connectivity index (χ1v) is 5.85. The molecule has 0 unspecified atom stereocenters. The van der Waals surface area contributed by atoms with Crippen LogP contribution in [0.5, 0.6) is 11.5 Å². The van der Waals surface area contributed by atoms with Gasteiger partial charge in [-0.3, -0.25) is 4.79 Å². The summed E-state index contributed by atoms with van der Waals surface area (Å²) in [4.78, 5) is 12.4. The molecule has 2 aromatic rings. The summed E-state index contributed by atoms with van der Waals surface area (Å²) in [5.41, 5.74) is 1.60. The number of benzene rings is 2. The van der Waals surface area contributed by atoms with E-state index in [2.05, 4.69) is 0 Å². The SMILES string of the molecule is Cc1cc(F)ccc1C(=O)c1ccc2c(c1)OCO2. The third kappa shape index (κ3) is 2.05. The van der Waals surface area contributed by atoms with Gasteiger partial charge in [-0.1, -0.05) is 0 Å². The van der Waals surface area contributed by atoms with Gasteiger partial charge >= 0.3 is 0 Å². The Morgan fingerprint density at radius 1 is 1.11 bits per heavy atom. The van der Waals surface area contributed by atoms with E-state index in [4.69, 9.17) is 9.47 Å². The molecule has 0 aliphatic carbocycles. The van der Waals surface area contributed by atoms with Crippen molar-refractivity contribution in [2.24, 2.45) is 0 Å². The van der Waals surface area contributed by atoms with E-state index in [9.17, 15) is 9.18 Å². The highest BCUT2D eigenvalue weighted by Gasteiger charge is 2.18. The lowest BCUT2D eigenvalue weighted by molar-refractivity contribution is 0.103. The normalized spacial score (nSPS) is 12.5. The van der Waals surface area contributed by atoms with E-state index in [0.29, 0.717) is 28.2 Å². The van der Waals surface area contributed by atoms with Gasteiger partial charge in [0.1, 0.15) is 5.82 Å². The second-order valence-corrected chi connectivity index (χ2v) is 4.36. The van der Waals surface area contributed by atoms with Crippen molar-refractivity contribution < 1.29 is 18.7 Å². The lowest BCUT2D eigenvalue weighted by Crippen LogP contribution is -2.04. The zero-order chi connectivity index (χ0) is 13.4. The minimum Gasteiger partial charge on any atom is -0.454 e. The smallest absolute Gasteiger partial charge is 0.231 e. The van der Waals surface area contributed by atoms with Crippen LogP contribution in [0.3, 0.4) is 0 Å². The molecule has 0 amide bonds. The topological polar surface area (TPSA) is 35.5 Å². The lowest BCUT2D eigenvalue weighted by Gasteiger charge is -2.06. The molecule has 19 heavy (non-hydrogen) atoms. The predicted molar refractivity (Wildman–Crippen MR) is 67.1 cm³/mol. The summed E-state index contributed by atoms with van der Waals surface area (Å²) < 4.78 is 23.5. The van der Waals surface area contributed by atoms with Crippen LogP contribution in [-0.2, 0) is 0 Å². The van der Waals surface area contributed by atoms with Crippen LogP contribution < -0.4 is 9.47 Å². The Morgan fingerprint density at radius 2 is 1.89 bits per heavy atom. The Hall–Kier alpha value is -2.36. The maximum absolute atomic E-state index is 13.0. The van der Waals surface area contributed by atoms with Gasteiger partial charge in [0, 0.05) is 11.1 Å². The van der Waals surface area contributed by atoms with Crippen LogP contribution in [0, 0.1) is 12.7 Å². The monoisotopic (exact) mass is 258 g/mol. The Balaban J connectivity index is 2.00. The van der Waals surface area contributed by atoms with E-state index in [0.717, 1.165) is 0 Å². The summed E-state index contributed by atoms with van der Waals surface area (Å²) in [5.74, 6) is 0.688. The molecule has 96 valence electrons. The fourth-order valence-electron chi connectivity index (χ4n) is 2.08. The number of aryl methyl sites for hydroxylation is 1. The molecule has 0 atom stereocenters. The van der Waals surface area contributed by atoms with Crippen LogP contribution in [-0.4, -0.2) is 12.6 Å². The summed E-state index contributed by atoms with van der Waals surface area (Å²) in [6.45, 7) is 1.88. The van der Waals surface area contributed by atoms with Gasteiger partial charge in [0.05, 0.1) is 0 Å². The molecule has 0 aromatic heterocycles. The van der Waals surface area contributed by atoms with Crippen molar-refractivity contribution in [3.05, 3.63) is 58.9 Å². The van der Waals surface area contributed by atoms with Crippen molar-refractivity contribution in [2.75, 3.05) is 6.79 Å². The van der Waals surface area contributed by atoms with Gasteiger partial charge in [-0.05, 0) is 48.9 Å². The summed E-state index contributed by atoms with van der Waals surface area (Å²) in [7, 11) is 0. The highest BCUT2D eigenvalue weighted by molar-refractivity contribution is 6.10. The minimum atomic E-state index is -0.347. The molecule has 3 nitrogen and oxygen atoms in total. The quantitative estimate of drug-likeness (QED) is 0.776. The van der Waals surface area contributed by atoms with Crippen molar-refractivity contribution in [3.8, 4) is 11.5 Å². The summed E-state index contributed by atoms with van der Waals surface area (Å²) in [6.07, 6.45) is 0. The number of ether oxygens (including phenoxy) is 2. The first-order chi connectivity index (χ1) is 9.15. The molecular formula is C15H11FO3. The third-order valence-corrected chi connectivity index (χ3v) is 3.07. The molecule has 0 N–H and O–H groups in total. The molecule has 1 aliphatic heterocycles. The van der Waals surface area contributed by atoms with Gasteiger partial charge in [0.15, 0.2) is 17.3 Å². The van der Waals surface area contributed by atoms with Crippen LogP contribution in [0.15, 0.2) is 36.4 Å². The van der Waals surface area contributed by atoms with Gasteiger partial charge in [-0.15, -0.1) is 0 Å². The van der Waals surface area contributed by atoms with Gasteiger partial charge in [0.25, 0.3) is 0 Å². The molecule has 2 aromatic carbocycles. The largest absolute Gasteiger partial charge is 0.454 e. The Labute approximate surface area is 109 Å². The van der Waals surface area contributed by atoms with Gasteiger partial charge in [0.2, 0.25) is 6.79 Å². The first kappa shape index (κ1) is 11.7. The zero-order valence-electron chi connectivity index (χ0n) is 10.3. The number of hydrogen-bond acceptors (Lipinski definition) is 3. The second kappa shape index (κ2) is 4.39. The Morgan fingerprint density at radius 3 is 2.68 bits per heavy atom. The molecular weight excluding hydrogens is 247 g/mol. The molecule has 1 heterocycles. The Bertz CT molecular complexity index is 664. The predicted octanol–water partition coefficient (Wildman–Crippen LogP) is 3.09. The number of rotatable bonds is 2. The number of halogens is 1. The van der Waals surface area contributed by atoms with E-state index in [1.807, 2.05) is 0 Å². The van der Waals surface area contributed by atoms with Gasteiger partial charge in [-0.25, -0.2) is 4.39 Å². The van der Waals surface area contributed by atoms with E-state index in [1.165, 1.54) is 18.2 Å². The zero-order valence-corrected chi connectivity index (χ0v) is 10.3. The average molecular weight is 258 g/mol. The fraction of sp³-hybridized carbons (Fsp3) is 0.133. The van der Waals surface area contributed by atoms with E-state index >= 15 is 0 Å². The van der Waals surface area contributed by atoms with Crippen molar-refractivity contribution in [3.63, 3.8) is 0 Å². The molecule has 0 saturated heterocycles. The fourth-order valence-corrected chi connectivity index (χ4v) is 2.08. The highest BCUT2D eigenvalue weighted by Crippen LogP contribution is 2.33.